The first-order valence-corrected chi connectivity index (χ1v) is 6.87. The van der Waals surface area contributed by atoms with Crippen LogP contribution in [-0.2, 0) is 14.3 Å². The van der Waals surface area contributed by atoms with E-state index in [0.29, 0.717) is 19.3 Å². The molecule has 18 heavy (non-hydrogen) atoms. The summed E-state index contributed by atoms with van der Waals surface area (Å²) in [5, 5.41) is 0. The maximum atomic E-state index is 10.9. The lowest BCUT2D eigenvalue weighted by Gasteiger charge is -2.31. The van der Waals surface area contributed by atoms with Crippen molar-refractivity contribution >= 4 is 5.97 Å². The van der Waals surface area contributed by atoms with E-state index in [1.165, 1.54) is 25.3 Å². The highest BCUT2D eigenvalue weighted by Gasteiger charge is 2.52. The molecule has 0 heterocycles. The van der Waals surface area contributed by atoms with Crippen LogP contribution in [0.5, 0.6) is 0 Å². The first kappa shape index (κ1) is 12.0. The molecule has 0 radical (unpaired) electrons. The summed E-state index contributed by atoms with van der Waals surface area (Å²) in [5.74, 6) is 2.84. The summed E-state index contributed by atoms with van der Waals surface area (Å²) in [6.45, 7) is 4.21. The first-order valence-electron chi connectivity index (χ1n) is 6.87. The fourth-order valence-electron chi connectivity index (χ4n) is 4.09. The number of fused-ring (bicyclic) bond motifs is 5. The van der Waals surface area contributed by atoms with E-state index in [0.717, 1.165) is 23.7 Å². The van der Waals surface area contributed by atoms with Gasteiger partial charge in [0.05, 0.1) is 12.7 Å². The molecule has 0 aromatic carbocycles. The lowest BCUT2D eigenvalue weighted by molar-refractivity contribution is -0.140. The van der Waals surface area contributed by atoms with Crippen molar-refractivity contribution in [1.29, 1.82) is 0 Å². The van der Waals surface area contributed by atoms with E-state index in [9.17, 15) is 4.79 Å². The van der Waals surface area contributed by atoms with Gasteiger partial charge in [-0.05, 0) is 42.9 Å². The Morgan fingerprint density at radius 3 is 3.06 bits per heavy atom. The van der Waals surface area contributed by atoms with Gasteiger partial charge >= 0.3 is 5.97 Å². The van der Waals surface area contributed by atoms with Crippen molar-refractivity contribution < 1.29 is 14.3 Å². The van der Waals surface area contributed by atoms with Crippen LogP contribution in [0.3, 0.4) is 0 Å². The van der Waals surface area contributed by atoms with Crippen LogP contribution >= 0.6 is 0 Å². The minimum absolute atomic E-state index is 0.338. The predicted molar refractivity (Wildman–Crippen MR) is 67.8 cm³/mol. The molecule has 0 N–H and O–H groups in total. The highest BCUT2D eigenvalue weighted by molar-refractivity contribution is 5.81. The highest BCUT2D eigenvalue weighted by Crippen LogP contribution is 2.57. The van der Waals surface area contributed by atoms with Gasteiger partial charge in [-0.15, -0.1) is 0 Å². The second-order valence-electron chi connectivity index (χ2n) is 5.58. The highest BCUT2D eigenvalue weighted by atomic mass is 16.6. The van der Waals surface area contributed by atoms with Crippen molar-refractivity contribution in [3.8, 4) is 0 Å². The molecule has 2 fully saturated rings. The van der Waals surface area contributed by atoms with Crippen molar-refractivity contribution in [3.63, 3.8) is 0 Å². The van der Waals surface area contributed by atoms with Crippen molar-refractivity contribution in [2.45, 2.75) is 25.4 Å². The third-order valence-corrected chi connectivity index (χ3v) is 4.77. The Balaban J connectivity index is 1.43. The summed E-state index contributed by atoms with van der Waals surface area (Å²) in [4.78, 5) is 10.9. The van der Waals surface area contributed by atoms with Crippen molar-refractivity contribution in [1.82, 2.24) is 0 Å². The molecular formula is C15H20O3. The first-order chi connectivity index (χ1) is 8.79. The average Bonchev–Trinajstić information content (AvgIpc) is 3.05. The maximum absolute atomic E-state index is 10.9. The lowest BCUT2D eigenvalue weighted by Crippen LogP contribution is -2.31. The smallest absolute Gasteiger partial charge is 0.330 e. The summed E-state index contributed by atoms with van der Waals surface area (Å²) in [7, 11) is 0. The Kier molecular flexibility index (Phi) is 3.25. The van der Waals surface area contributed by atoms with E-state index in [-0.39, 0.29) is 5.97 Å². The van der Waals surface area contributed by atoms with Gasteiger partial charge in [-0.25, -0.2) is 4.79 Å². The van der Waals surface area contributed by atoms with Crippen LogP contribution in [0.2, 0.25) is 0 Å². The number of rotatable bonds is 5. The van der Waals surface area contributed by atoms with E-state index in [4.69, 9.17) is 9.47 Å². The molecule has 0 aliphatic heterocycles. The number of hydrogen-bond acceptors (Lipinski definition) is 3. The Morgan fingerprint density at radius 2 is 2.22 bits per heavy atom. The molecule has 0 unspecified atom stereocenters. The van der Waals surface area contributed by atoms with Gasteiger partial charge in [0.15, 0.2) is 0 Å². The van der Waals surface area contributed by atoms with E-state index in [1.807, 2.05) is 0 Å². The fourth-order valence-corrected chi connectivity index (χ4v) is 4.09. The molecule has 0 spiro atoms. The number of esters is 1. The second kappa shape index (κ2) is 4.88. The van der Waals surface area contributed by atoms with Gasteiger partial charge in [0.25, 0.3) is 0 Å². The molecule has 0 aromatic heterocycles. The molecular weight excluding hydrogens is 228 g/mol. The van der Waals surface area contributed by atoms with Gasteiger partial charge in [-0.3, -0.25) is 0 Å². The van der Waals surface area contributed by atoms with Crippen LogP contribution < -0.4 is 0 Å². The van der Waals surface area contributed by atoms with Gasteiger partial charge in [-0.1, -0.05) is 18.7 Å². The largest absolute Gasteiger partial charge is 0.460 e. The Labute approximate surface area is 108 Å². The Bertz CT molecular complexity index is 374. The third kappa shape index (κ3) is 2.01. The summed E-state index contributed by atoms with van der Waals surface area (Å²) >= 11 is 0. The number of carbonyl (C=O) groups is 1. The fraction of sp³-hybridized carbons (Fsp3) is 0.667. The average molecular weight is 248 g/mol. The monoisotopic (exact) mass is 248 g/mol. The van der Waals surface area contributed by atoms with Gasteiger partial charge in [-0.2, -0.15) is 0 Å². The maximum Gasteiger partial charge on any atom is 0.330 e. The summed E-state index contributed by atoms with van der Waals surface area (Å²) in [6, 6.07) is 0. The summed E-state index contributed by atoms with van der Waals surface area (Å²) < 4.78 is 10.8. The van der Waals surface area contributed by atoms with Crippen LogP contribution in [0, 0.1) is 23.7 Å². The lowest BCUT2D eigenvalue weighted by atomic mass is 9.80. The topological polar surface area (TPSA) is 35.5 Å². The van der Waals surface area contributed by atoms with Crippen LogP contribution in [0.25, 0.3) is 0 Å². The molecule has 3 aliphatic carbocycles. The standard InChI is InChI=1S/C15H20O3/c1-2-15(16)18-7-6-17-14-9-10-8-13(14)12-5-3-4-11(10)12/h2-4,10-14H,1,5-9H2/t10-,11-,12+,13+,14-/m1/s1. The molecule has 0 aromatic rings. The molecule has 3 nitrogen and oxygen atoms in total. The minimum atomic E-state index is -0.369. The molecule has 3 aliphatic rings. The molecule has 0 amide bonds. The van der Waals surface area contributed by atoms with Crippen LogP contribution in [0.1, 0.15) is 19.3 Å². The number of ether oxygens (including phenoxy) is 2. The van der Waals surface area contributed by atoms with E-state index >= 15 is 0 Å². The zero-order chi connectivity index (χ0) is 12.5. The second-order valence-corrected chi connectivity index (χ2v) is 5.58. The Morgan fingerprint density at radius 1 is 1.33 bits per heavy atom. The minimum Gasteiger partial charge on any atom is -0.460 e. The van der Waals surface area contributed by atoms with Crippen LogP contribution in [0.15, 0.2) is 24.8 Å². The van der Waals surface area contributed by atoms with Gasteiger partial charge < -0.3 is 9.47 Å². The van der Waals surface area contributed by atoms with Gasteiger partial charge in [0.1, 0.15) is 6.61 Å². The van der Waals surface area contributed by atoms with Crippen molar-refractivity contribution in [2.24, 2.45) is 23.7 Å². The molecule has 2 bridgehead atoms. The third-order valence-electron chi connectivity index (χ3n) is 4.77. The van der Waals surface area contributed by atoms with E-state index in [2.05, 4.69) is 18.7 Å². The quantitative estimate of drug-likeness (QED) is 0.324. The van der Waals surface area contributed by atoms with Gasteiger partial charge in [0, 0.05) is 6.08 Å². The summed E-state index contributed by atoms with van der Waals surface area (Å²) in [6.07, 6.45) is 10.1. The Hall–Kier alpha value is -1.09. The van der Waals surface area contributed by atoms with E-state index in [1.54, 1.807) is 0 Å². The van der Waals surface area contributed by atoms with Crippen molar-refractivity contribution in [2.75, 3.05) is 13.2 Å². The van der Waals surface area contributed by atoms with Crippen molar-refractivity contribution in [3.05, 3.63) is 24.8 Å². The molecule has 3 rings (SSSR count). The summed E-state index contributed by atoms with van der Waals surface area (Å²) in [5.41, 5.74) is 0. The molecule has 0 saturated heterocycles. The molecule has 5 atom stereocenters. The van der Waals surface area contributed by atoms with Crippen LogP contribution in [-0.4, -0.2) is 25.3 Å². The zero-order valence-electron chi connectivity index (χ0n) is 10.6. The zero-order valence-corrected chi connectivity index (χ0v) is 10.6. The number of allylic oxidation sites excluding steroid dienone is 2. The molecule has 3 heteroatoms. The molecule has 98 valence electrons. The molecule has 2 saturated carbocycles. The number of hydrogen-bond donors (Lipinski definition) is 0. The van der Waals surface area contributed by atoms with E-state index < -0.39 is 0 Å². The number of carbonyl (C=O) groups excluding carboxylic acids is 1. The van der Waals surface area contributed by atoms with Gasteiger partial charge in [0.2, 0.25) is 0 Å². The van der Waals surface area contributed by atoms with Crippen LogP contribution in [0.4, 0.5) is 0 Å². The SMILES string of the molecule is C=CC(=O)OCCO[C@@H]1C[C@H]2C[C@H]1[C@H]1CC=C[C@H]21. The normalized spacial score (nSPS) is 39.9. The predicted octanol–water partition coefficient (Wildman–Crippen LogP) is 2.33.